The molecule has 0 aliphatic carbocycles. The van der Waals surface area contributed by atoms with E-state index in [2.05, 4.69) is 29.7 Å². The molecule has 1 fully saturated rings. The number of anilines is 2. The van der Waals surface area contributed by atoms with Crippen LogP contribution in [0.15, 0.2) is 36.4 Å². The number of ether oxygens (including phenoxy) is 1. The van der Waals surface area contributed by atoms with E-state index in [0.717, 1.165) is 69.1 Å². The summed E-state index contributed by atoms with van der Waals surface area (Å²) in [4.78, 5) is 18.5. The molecule has 0 atom stereocenters. The van der Waals surface area contributed by atoms with Crippen LogP contribution in [-0.2, 0) is 11.2 Å². The molecule has 0 saturated carbocycles. The zero-order valence-corrected chi connectivity index (χ0v) is 25.6. The van der Waals surface area contributed by atoms with Gasteiger partial charge in [0.05, 0.1) is 28.0 Å². The van der Waals surface area contributed by atoms with Gasteiger partial charge in [-0.05, 0) is 49.6 Å². The molecule has 2 heterocycles. The lowest BCUT2D eigenvalue weighted by molar-refractivity contribution is -0.118. The Hall–Kier alpha value is -1.95. The Bertz CT molecular complexity index is 976. The van der Waals surface area contributed by atoms with Gasteiger partial charge in [0, 0.05) is 45.7 Å². The highest BCUT2D eigenvalue weighted by atomic mass is 35.5. The summed E-state index contributed by atoms with van der Waals surface area (Å²) in [7, 11) is 1.84. The van der Waals surface area contributed by atoms with Crippen LogP contribution in [0.1, 0.15) is 71.8 Å². The van der Waals surface area contributed by atoms with Crippen molar-refractivity contribution in [1.29, 1.82) is 0 Å². The highest BCUT2D eigenvalue weighted by molar-refractivity contribution is 6.43. The first kappa shape index (κ1) is 32.3. The van der Waals surface area contributed by atoms with Gasteiger partial charge in [0.2, 0.25) is 5.91 Å². The number of fused-ring (bicyclic) bond motifs is 1. The van der Waals surface area contributed by atoms with Crippen LogP contribution < -0.4 is 14.5 Å². The van der Waals surface area contributed by atoms with Gasteiger partial charge in [-0.15, -0.1) is 0 Å². The van der Waals surface area contributed by atoms with Gasteiger partial charge in [0.1, 0.15) is 5.75 Å². The van der Waals surface area contributed by atoms with Crippen LogP contribution in [0, 0.1) is 0 Å². The number of hydrogen-bond acceptors (Lipinski definition) is 4. The molecule has 0 bridgehead atoms. The van der Waals surface area contributed by atoms with Gasteiger partial charge in [-0.1, -0.05) is 82.3 Å². The number of halogens is 2. The third-order valence-corrected chi connectivity index (χ3v) is 7.70. The van der Waals surface area contributed by atoms with Gasteiger partial charge >= 0.3 is 0 Å². The van der Waals surface area contributed by atoms with Crippen LogP contribution in [0.2, 0.25) is 10.0 Å². The van der Waals surface area contributed by atoms with Crippen LogP contribution >= 0.6 is 23.2 Å². The summed E-state index contributed by atoms with van der Waals surface area (Å²) in [6, 6.07) is 11.9. The number of carbonyl (C=O) groups excluding carboxylic acids is 1. The summed E-state index contributed by atoms with van der Waals surface area (Å²) in [5.41, 5.74) is 3.22. The lowest BCUT2D eigenvalue weighted by Gasteiger charge is -2.36. The number of aryl methyl sites for hydroxylation is 1. The predicted molar refractivity (Wildman–Crippen MR) is 165 cm³/mol. The predicted octanol–water partition coefficient (Wildman–Crippen LogP) is 8.11. The van der Waals surface area contributed by atoms with Gasteiger partial charge in [-0.3, -0.25) is 9.69 Å². The maximum Gasteiger partial charge on any atom is 0.227 e. The van der Waals surface area contributed by atoms with Crippen LogP contribution in [-0.4, -0.2) is 57.2 Å². The van der Waals surface area contributed by atoms with E-state index in [-0.39, 0.29) is 5.91 Å². The number of unbranched alkanes of at least 4 members (excludes halogenated alkanes) is 3. The monoisotopic (exact) mass is 563 g/mol. The first-order chi connectivity index (χ1) is 18.4. The standard InChI is InChI=1S/C24H29Cl2N3O2.C5H12.C2H6/c1-27-22-17-19(9-7-18(22)8-10-23(27)30)31-16-3-2-11-28-12-14-29(15-13-28)21-6-4-5-20(25)24(21)26;1-3-5-4-2;1-2/h4-7,9,17H,2-3,8,10-16H2,1H3;3-5H2,1-2H3;1-2H3. The largest absolute Gasteiger partial charge is 0.494 e. The van der Waals surface area contributed by atoms with Gasteiger partial charge < -0.3 is 14.5 Å². The second-order valence-corrected chi connectivity index (χ2v) is 10.3. The van der Waals surface area contributed by atoms with E-state index in [4.69, 9.17) is 27.9 Å². The Morgan fingerprint density at radius 2 is 1.58 bits per heavy atom. The number of benzene rings is 2. The van der Waals surface area contributed by atoms with Gasteiger partial charge in [-0.25, -0.2) is 0 Å². The molecule has 1 amide bonds. The molecule has 0 spiro atoms. The van der Waals surface area contributed by atoms with Crippen LogP contribution in [0.4, 0.5) is 11.4 Å². The summed E-state index contributed by atoms with van der Waals surface area (Å²) >= 11 is 12.5. The molecule has 2 aromatic rings. The lowest BCUT2D eigenvalue weighted by atomic mass is 10.0. The van der Waals surface area contributed by atoms with Crippen molar-refractivity contribution in [2.75, 3.05) is 56.2 Å². The van der Waals surface area contributed by atoms with Crippen molar-refractivity contribution in [2.24, 2.45) is 0 Å². The fraction of sp³-hybridized carbons (Fsp3) is 0.581. The van der Waals surface area contributed by atoms with Gasteiger partial charge in [0.25, 0.3) is 0 Å². The Kier molecular flexibility index (Phi) is 14.9. The van der Waals surface area contributed by atoms with Crippen molar-refractivity contribution < 1.29 is 9.53 Å². The molecular weight excluding hydrogens is 517 g/mol. The van der Waals surface area contributed by atoms with E-state index in [1.807, 2.05) is 51.2 Å². The van der Waals surface area contributed by atoms with Gasteiger partial charge in [-0.2, -0.15) is 0 Å². The summed E-state index contributed by atoms with van der Waals surface area (Å²) in [5, 5.41) is 1.26. The average Bonchev–Trinajstić information content (AvgIpc) is 2.95. The number of hydrogen-bond donors (Lipinski definition) is 0. The SMILES string of the molecule is CC.CCCCC.CN1C(=O)CCc2ccc(OCCCCN3CCN(c4cccc(Cl)c4Cl)CC3)cc21. The topological polar surface area (TPSA) is 36.0 Å². The molecule has 0 aromatic heterocycles. The highest BCUT2D eigenvalue weighted by Gasteiger charge is 2.21. The normalized spacial score (nSPS) is 15.2. The maximum atomic E-state index is 11.9. The second-order valence-electron chi connectivity index (χ2n) is 9.55. The third kappa shape index (κ3) is 9.66. The number of nitrogens with zero attached hydrogens (tertiary/aromatic N) is 3. The first-order valence-electron chi connectivity index (χ1n) is 14.4. The van der Waals surface area contributed by atoms with Crippen molar-refractivity contribution in [2.45, 2.75) is 72.6 Å². The third-order valence-electron chi connectivity index (χ3n) is 6.89. The minimum absolute atomic E-state index is 0.169. The van der Waals surface area contributed by atoms with Crippen molar-refractivity contribution in [1.82, 2.24) is 4.90 Å². The molecule has 38 heavy (non-hydrogen) atoms. The second kappa shape index (κ2) is 17.6. The molecule has 5 nitrogen and oxygen atoms in total. The van der Waals surface area contributed by atoms with Crippen molar-refractivity contribution in [3.8, 4) is 5.75 Å². The number of amides is 1. The quantitative estimate of drug-likeness (QED) is 0.288. The molecule has 212 valence electrons. The van der Waals surface area contributed by atoms with Crippen LogP contribution in [0.25, 0.3) is 0 Å². The molecular formula is C31H47Cl2N3O2. The number of piperazine rings is 1. The summed E-state index contributed by atoms with van der Waals surface area (Å²) in [6.45, 7) is 14.1. The van der Waals surface area contributed by atoms with Gasteiger partial charge in [0.15, 0.2) is 0 Å². The molecule has 0 radical (unpaired) electrons. The Morgan fingerprint density at radius 3 is 2.24 bits per heavy atom. The van der Waals surface area contributed by atoms with Crippen LogP contribution in [0.3, 0.4) is 0 Å². The summed E-state index contributed by atoms with van der Waals surface area (Å²) in [5.74, 6) is 1.01. The Labute approximate surface area is 241 Å². The minimum Gasteiger partial charge on any atom is -0.494 e. The fourth-order valence-electron chi connectivity index (χ4n) is 4.63. The molecule has 0 unspecified atom stereocenters. The van der Waals surface area contributed by atoms with Crippen molar-refractivity contribution >= 4 is 40.5 Å². The molecule has 4 rings (SSSR count). The smallest absolute Gasteiger partial charge is 0.227 e. The zero-order valence-electron chi connectivity index (χ0n) is 24.1. The van der Waals surface area contributed by atoms with E-state index in [0.29, 0.717) is 23.1 Å². The minimum atomic E-state index is 0.169. The Morgan fingerprint density at radius 1 is 0.868 bits per heavy atom. The molecule has 2 aliphatic rings. The van der Waals surface area contributed by atoms with E-state index < -0.39 is 0 Å². The van der Waals surface area contributed by atoms with Crippen LogP contribution in [0.5, 0.6) is 5.75 Å². The molecule has 2 aromatic carbocycles. The molecule has 7 heteroatoms. The summed E-state index contributed by atoms with van der Waals surface area (Å²) in [6.07, 6.45) is 7.58. The zero-order chi connectivity index (χ0) is 27.9. The Balaban J connectivity index is 0.000000651. The molecule has 0 N–H and O–H groups in total. The highest BCUT2D eigenvalue weighted by Crippen LogP contribution is 2.33. The van der Waals surface area contributed by atoms with Crippen molar-refractivity contribution in [3.63, 3.8) is 0 Å². The fourth-order valence-corrected chi connectivity index (χ4v) is 5.05. The van der Waals surface area contributed by atoms with E-state index in [1.165, 1.54) is 24.8 Å². The van der Waals surface area contributed by atoms with Crippen molar-refractivity contribution in [3.05, 3.63) is 52.0 Å². The molecule has 1 saturated heterocycles. The van der Waals surface area contributed by atoms with E-state index in [9.17, 15) is 4.79 Å². The first-order valence-corrected chi connectivity index (χ1v) is 15.1. The van der Waals surface area contributed by atoms with E-state index in [1.54, 1.807) is 4.90 Å². The maximum absolute atomic E-state index is 11.9. The van der Waals surface area contributed by atoms with E-state index >= 15 is 0 Å². The molecule has 2 aliphatic heterocycles. The lowest BCUT2D eigenvalue weighted by Crippen LogP contribution is -2.46. The average molecular weight is 565 g/mol. The number of carbonyl (C=O) groups is 1. The number of rotatable bonds is 9. The summed E-state index contributed by atoms with van der Waals surface area (Å²) < 4.78 is 5.95.